The summed E-state index contributed by atoms with van der Waals surface area (Å²) in [5, 5.41) is 28.3. The second-order valence-electron chi connectivity index (χ2n) is 6.54. The van der Waals surface area contributed by atoms with E-state index in [0.717, 1.165) is 0 Å². The third kappa shape index (κ3) is 3.54. The van der Waals surface area contributed by atoms with Gasteiger partial charge in [-0.3, -0.25) is 4.79 Å². The van der Waals surface area contributed by atoms with Gasteiger partial charge in [-0.25, -0.2) is 9.59 Å². The SMILES string of the molecule is Cc1c(C(=O)O)ccc(-c2ccc(C(=O)N3CC[C@@H](O)C3)cc2)c1C(=O)O. The van der Waals surface area contributed by atoms with Gasteiger partial charge in [0.2, 0.25) is 0 Å². The van der Waals surface area contributed by atoms with E-state index < -0.39 is 18.0 Å². The smallest absolute Gasteiger partial charge is 0.336 e. The van der Waals surface area contributed by atoms with Crippen molar-refractivity contribution in [3.05, 3.63) is 58.7 Å². The van der Waals surface area contributed by atoms with Crippen molar-refractivity contribution in [2.24, 2.45) is 0 Å². The fraction of sp³-hybridized carbons (Fsp3) is 0.250. The molecule has 0 unspecified atom stereocenters. The maximum absolute atomic E-state index is 12.4. The Kier molecular flexibility index (Phi) is 4.96. The molecule has 0 aromatic heterocycles. The molecule has 2 aromatic rings. The molecule has 1 aliphatic heterocycles. The van der Waals surface area contributed by atoms with E-state index in [-0.39, 0.29) is 22.6 Å². The number of hydrogen-bond donors (Lipinski definition) is 3. The van der Waals surface area contributed by atoms with Crippen molar-refractivity contribution in [3.63, 3.8) is 0 Å². The third-order valence-corrected chi connectivity index (χ3v) is 4.80. The highest BCUT2D eigenvalue weighted by Gasteiger charge is 2.25. The molecule has 0 radical (unpaired) electrons. The summed E-state index contributed by atoms with van der Waals surface area (Å²) in [6.45, 7) is 2.27. The highest BCUT2D eigenvalue weighted by Crippen LogP contribution is 2.29. The minimum Gasteiger partial charge on any atom is -0.478 e. The quantitative estimate of drug-likeness (QED) is 0.761. The summed E-state index contributed by atoms with van der Waals surface area (Å²) in [4.78, 5) is 37.0. The van der Waals surface area contributed by atoms with Gasteiger partial charge in [-0.1, -0.05) is 18.2 Å². The summed E-state index contributed by atoms with van der Waals surface area (Å²) in [6.07, 6.45) is 0.0585. The molecule has 1 heterocycles. The number of β-amino-alcohol motifs (C(OH)–C–C–N with tert-alkyl or cyclic N) is 1. The molecule has 0 bridgehead atoms. The molecule has 0 spiro atoms. The van der Waals surface area contributed by atoms with Crippen molar-refractivity contribution in [3.8, 4) is 11.1 Å². The van der Waals surface area contributed by atoms with Gasteiger partial charge in [-0.05, 0) is 48.2 Å². The second kappa shape index (κ2) is 7.20. The highest BCUT2D eigenvalue weighted by atomic mass is 16.4. The summed E-state index contributed by atoms with van der Waals surface area (Å²) in [5.74, 6) is -2.58. The Bertz CT molecular complexity index is 919. The molecule has 0 aliphatic carbocycles. The van der Waals surface area contributed by atoms with Crippen LogP contribution in [-0.2, 0) is 0 Å². The largest absolute Gasteiger partial charge is 0.478 e. The van der Waals surface area contributed by atoms with E-state index in [9.17, 15) is 29.7 Å². The number of carbonyl (C=O) groups is 3. The average Bonchev–Trinajstić information content (AvgIpc) is 3.06. The van der Waals surface area contributed by atoms with Gasteiger partial charge >= 0.3 is 11.9 Å². The molecule has 7 heteroatoms. The zero-order valence-electron chi connectivity index (χ0n) is 14.7. The standard InChI is InChI=1S/C20H19NO6/c1-11-15(19(24)25)6-7-16(17(11)20(26)27)12-2-4-13(5-3-12)18(23)21-9-8-14(22)10-21/h2-7,14,22H,8-10H2,1H3,(H,24,25)(H,26,27)/t14-/m1/s1. The van der Waals surface area contributed by atoms with E-state index in [1.165, 1.54) is 19.1 Å². The molecule has 1 fully saturated rings. The van der Waals surface area contributed by atoms with Gasteiger partial charge < -0.3 is 20.2 Å². The van der Waals surface area contributed by atoms with Crippen LogP contribution in [-0.4, -0.2) is 57.3 Å². The first-order valence-electron chi connectivity index (χ1n) is 8.47. The van der Waals surface area contributed by atoms with Gasteiger partial charge in [0.1, 0.15) is 0 Å². The molecule has 1 saturated heterocycles. The Morgan fingerprint density at radius 2 is 1.67 bits per heavy atom. The number of amides is 1. The van der Waals surface area contributed by atoms with E-state index in [0.29, 0.717) is 36.2 Å². The zero-order valence-corrected chi connectivity index (χ0v) is 14.7. The third-order valence-electron chi connectivity index (χ3n) is 4.80. The molecule has 2 aromatic carbocycles. The van der Waals surface area contributed by atoms with Crippen LogP contribution in [0.5, 0.6) is 0 Å². The Balaban J connectivity index is 1.96. The molecule has 1 amide bonds. The first-order valence-corrected chi connectivity index (χ1v) is 8.47. The lowest BCUT2D eigenvalue weighted by Gasteiger charge is -2.16. The van der Waals surface area contributed by atoms with E-state index in [1.807, 2.05) is 0 Å². The summed E-state index contributed by atoms with van der Waals surface area (Å²) >= 11 is 0. The van der Waals surface area contributed by atoms with Crippen molar-refractivity contribution in [2.45, 2.75) is 19.4 Å². The monoisotopic (exact) mass is 369 g/mol. The maximum atomic E-state index is 12.4. The number of aromatic carboxylic acids is 2. The van der Waals surface area contributed by atoms with Gasteiger partial charge in [0, 0.05) is 18.7 Å². The predicted octanol–water partition coefficient (Wildman–Crippen LogP) is 2.27. The molecule has 1 aliphatic rings. The van der Waals surface area contributed by atoms with Crippen LogP contribution in [0.4, 0.5) is 0 Å². The van der Waals surface area contributed by atoms with Crippen LogP contribution in [0.3, 0.4) is 0 Å². The van der Waals surface area contributed by atoms with Gasteiger partial charge in [0.25, 0.3) is 5.91 Å². The molecule has 3 rings (SSSR count). The highest BCUT2D eigenvalue weighted by molar-refractivity contribution is 6.02. The lowest BCUT2D eigenvalue weighted by molar-refractivity contribution is 0.0695. The average molecular weight is 369 g/mol. The Morgan fingerprint density at radius 3 is 2.19 bits per heavy atom. The summed E-state index contributed by atoms with van der Waals surface area (Å²) in [5.41, 5.74) is 1.46. The van der Waals surface area contributed by atoms with Crippen molar-refractivity contribution in [1.82, 2.24) is 4.90 Å². The Morgan fingerprint density at radius 1 is 1.00 bits per heavy atom. The number of aliphatic hydroxyl groups is 1. The van der Waals surface area contributed by atoms with Crippen molar-refractivity contribution >= 4 is 17.8 Å². The Labute approximate surface area is 155 Å². The van der Waals surface area contributed by atoms with Gasteiger partial charge in [-0.15, -0.1) is 0 Å². The topological polar surface area (TPSA) is 115 Å². The fourth-order valence-corrected chi connectivity index (χ4v) is 3.36. The van der Waals surface area contributed by atoms with Crippen LogP contribution in [0.25, 0.3) is 11.1 Å². The zero-order chi connectivity index (χ0) is 19.7. The molecule has 1 atom stereocenters. The lowest BCUT2D eigenvalue weighted by atomic mass is 9.92. The first-order chi connectivity index (χ1) is 12.8. The summed E-state index contributed by atoms with van der Waals surface area (Å²) in [6, 6.07) is 9.34. The van der Waals surface area contributed by atoms with Crippen LogP contribution >= 0.6 is 0 Å². The number of aliphatic hydroxyl groups excluding tert-OH is 1. The van der Waals surface area contributed by atoms with Crippen LogP contribution in [0, 0.1) is 6.92 Å². The predicted molar refractivity (Wildman–Crippen MR) is 97.1 cm³/mol. The minimum atomic E-state index is -1.21. The molecule has 140 valence electrons. The van der Waals surface area contributed by atoms with E-state index in [2.05, 4.69) is 0 Å². The van der Waals surface area contributed by atoms with Gasteiger partial charge in [0.05, 0.1) is 17.2 Å². The molecular formula is C20H19NO6. The normalized spacial score (nSPS) is 16.4. The lowest BCUT2D eigenvalue weighted by Crippen LogP contribution is -2.29. The van der Waals surface area contributed by atoms with Gasteiger partial charge in [0.15, 0.2) is 0 Å². The van der Waals surface area contributed by atoms with Crippen molar-refractivity contribution in [1.29, 1.82) is 0 Å². The number of carboxylic acid groups (broad SMARTS) is 2. The van der Waals surface area contributed by atoms with Crippen LogP contribution in [0.1, 0.15) is 43.1 Å². The summed E-state index contributed by atoms with van der Waals surface area (Å²) in [7, 11) is 0. The van der Waals surface area contributed by atoms with Crippen molar-refractivity contribution < 1.29 is 29.7 Å². The molecule has 3 N–H and O–H groups in total. The number of nitrogens with zero attached hydrogens (tertiary/aromatic N) is 1. The van der Waals surface area contributed by atoms with Crippen molar-refractivity contribution in [2.75, 3.05) is 13.1 Å². The molecule has 7 nitrogen and oxygen atoms in total. The van der Waals surface area contributed by atoms with E-state index in [4.69, 9.17) is 0 Å². The van der Waals surface area contributed by atoms with Crippen LogP contribution in [0.15, 0.2) is 36.4 Å². The van der Waals surface area contributed by atoms with Crippen LogP contribution in [0.2, 0.25) is 0 Å². The first kappa shape index (κ1) is 18.6. The maximum Gasteiger partial charge on any atom is 0.336 e. The van der Waals surface area contributed by atoms with E-state index >= 15 is 0 Å². The number of carboxylic acids is 2. The number of hydrogen-bond acceptors (Lipinski definition) is 4. The van der Waals surface area contributed by atoms with Crippen LogP contribution < -0.4 is 0 Å². The Hall–Kier alpha value is -3.19. The van der Waals surface area contributed by atoms with E-state index in [1.54, 1.807) is 29.2 Å². The number of benzene rings is 2. The molecular weight excluding hydrogens is 350 g/mol. The number of likely N-dealkylation sites (tertiary alicyclic amines) is 1. The second-order valence-corrected chi connectivity index (χ2v) is 6.54. The minimum absolute atomic E-state index is 0.0597. The molecule has 27 heavy (non-hydrogen) atoms. The van der Waals surface area contributed by atoms with Gasteiger partial charge in [-0.2, -0.15) is 0 Å². The molecule has 0 saturated carbocycles. The summed E-state index contributed by atoms with van der Waals surface area (Å²) < 4.78 is 0. The fourth-order valence-electron chi connectivity index (χ4n) is 3.36. The number of rotatable bonds is 4. The number of carbonyl (C=O) groups excluding carboxylic acids is 1.